The van der Waals surface area contributed by atoms with Crippen molar-refractivity contribution in [2.24, 2.45) is 5.73 Å². The molecule has 2 heterocycles. The lowest BCUT2D eigenvalue weighted by molar-refractivity contribution is 0.0150. The molecule has 3 atom stereocenters. The number of hydrogen-bond acceptors (Lipinski definition) is 4. The number of hydrogen-bond donors (Lipinski definition) is 1. The lowest BCUT2D eigenvalue weighted by Crippen LogP contribution is -2.63. The maximum atomic E-state index is 6.15. The second-order valence-corrected chi connectivity index (χ2v) is 6.32. The third-order valence-corrected chi connectivity index (χ3v) is 5.19. The molecule has 0 aliphatic carbocycles. The van der Waals surface area contributed by atoms with E-state index in [2.05, 4.69) is 42.5 Å². The summed E-state index contributed by atoms with van der Waals surface area (Å²) in [5.74, 6) is 0. The maximum absolute atomic E-state index is 6.15. The number of nitrogens with two attached hydrogens (primary N) is 1. The van der Waals surface area contributed by atoms with Crippen LogP contribution in [0.1, 0.15) is 27.2 Å². The lowest BCUT2D eigenvalue weighted by Gasteiger charge is -2.48. The van der Waals surface area contributed by atoms with Gasteiger partial charge in [0, 0.05) is 50.3 Å². The summed E-state index contributed by atoms with van der Waals surface area (Å²) >= 11 is 0. The van der Waals surface area contributed by atoms with Crippen molar-refractivity contribution in [3.63, 3.8) is 0 Å². The van der Waals surface area contributed by atoms with Crippen LogP contribution in [0.15, 0.2) is 0 Å². The largest absolute Gasteiger partial charge is 0.329 e. The Kier molecular flexibility index (Phi) is 4.32. The van der Waals surface area contributed by atoms with E-state index in [1.807, 2.05) is 0 Å². The van der Waals surface area contributed by atoms with E-state index in [0.717, 1.165) is 13.1 Å². The van der Waals surface area contributed by atoms with Crippen LogP contribution in [0.25, 0.3) is 0 Å². The van der Waals surface area contributed by atoms with E-state index < -0.39 is 0 Å². The molecule has 2 N–H and O–H groups in total. The van der Waals surface area contributed by atoms with Gasteiger partial charge in [-0.05, 0) is 33.9 Å². The molecule has 0 bridgehead atoms. The Morgan fingerprint density at radius 1 is 1.22 bits per heavy atom. The highest BCUT2D eigenvalue weighted by atomic mass is 15.4. The highest BCUT2D eigenvalue weighted by Gasteiger charge is 2.45. The Morgan fingerprint density at radius 2 is 1.94 bits per heavy atom. The van der Waals surface area contributed by atoms with Crippen LogP contribution in [0.5, 0.6) is 0 Å². The molecule has 18 heavy (non-hydrogen) atoms. The molecule has 4 nitrogen and oxygen atoms in total. The molecule has 3 unspecified atom stereocenters. The van der Waals surface area contributed by atoms with Crippen LogP contribution in [0.2, 0.25) is 0 Å². The summed E-state index contributed by atoms with van der Waals surface area (Å²) in [5, 5.41) is 0. The average molecular weight is 254 g/mol. The Labute approximate surface area is 112 Å². The van der Waals surface area contributed by atoms with E-state index in [0.29, 0.717) is 12.1 Å². The van der Waals surface area contributed by atoms with Crippen LogP contribution in [0.3, 0.4) is 0 Å². The molecule has 2 fully saturated rings. The van der Waals surface area contributed by atoms with Gasteiger partial charge in [-0.2, -0.15) is 0 Å². The molecule has 2 aliphatic heterocycles. The first-order valence-corrected chi connectivity index (χ1v) is 7.42. The zero-order chi connectivity index (χ0) is 13.3. The zero-order valence-electron chi connectivity index (χ0n) is 12.5. The number of likely N-dealkylation sites (N-methyl/N-ethyl adjacent to an activating group) is 2. The minimum absolute atomic E-state index is 0.224. The van der Waals surface area contributed by atoms with Crippen LogP contribution in [0.4, 0.5) is 0 Å². The summed E-state index contributed by atoms with van der Waals surface area (Å²) in [6, 6.07) is 1.32. The molecule has 0 aromatic carbocycles. The molecule has 0 amide bonds. The van der Waals surface area contributed by atoms with Gasteiger partial charge in [0.2, 0.25) is 0 Å². The summed E-state index contributed by atoms with van der Waals surface area (Å²) < 4.78 is 0. The van der Waals surface area contributed by atoms with E-state index in [1.165, 1.54) is 32.6 Å². The monoisotopic (exact) mass is 254 g/mol. The van der Waals surface area contributed by atoms with Gasteiger partial charge in [-0.15, -0.1) is 0 Å². The van der Waals surface area contributed by atoms with Gasteiger partial charge in [-0.25, -0.2) is 0 Å². The van der Waals surface area contributed by atoms with Crippen molar-refractivity contribution in [3.8, 4) is 0 Å². The van der Waals surface area contributed by atoms with E-state index in [9.17, 15) is 0 Å². The molecule has 4 heteroatoms. The van der Waals surface area contributed by atoms with Crippen molar-refractivity contribution in [1.29, 1.82) is 0 Å². The van der Waals surface area contributed by atoms with Crippen molar-refractivity contribution >= 4 is 0 Å². The van der Waals surface area contributed by atoms with E-state index in [-0.39, 0.29) is 5.54 Å². The summed E-state index contributed by atoms with van der Waals surface area (Å²) in [4.78, 5) is 7.70. The smallest absolute Gasteiger partial charge is 0.0474 e. The molecule has 2 saturated heterocycles. The van der Waals surface area contributed by atoms with E-state index >= 15 is 0 Å². The number of nitrogens with zero attached hydrogens (tertiary/aromatic N) is 3. The predicted octanol–water partition coefficient (Wildman–Crippen LogP) is 0.434. The second kappa shape index (κ2) is 5.45. The van der Waals surface area contributed by atoms with Crippen LogP contribution in [-0.2, 0) is 0 Å². The van der Waals surface area contributed by atoms with Gasteiger partial charge in [0.1, 0.15) is 0 Å². The Morgan fingerprint density at radius 3 is 2.39 bits per heavy atom. The van der Waals surface area contributed by atoms with E-state index in [1.54, 1.807) is 0 Å². The Balaban J connectivity index is 2.06. The SMILES string of the molecule is CCN1CCN(C2(CN)CC(C)N(C)C2)CC1C. The van der Waals surface area contributed by atoms with Crippen molar-refractivity contribution in [2.75, 3.05) is 46.3 Å². The van der Waals surface area contributed by atoms with Gasteiger partial charge in [0.15, 0.2) is 0 Å². The first-order valence-electron chi connectivity index (χ1n) is 7.42. The minimum atomic E-state index is 0.224. The molecule has 2 aliphatic rings. The molecular formula is C14H30N4. The number of piperazine rings is 1. The summed E-state index contributed by atoms with van der Waals surface area (Å²) in [6.07, 6.45) is 1.22. The standard InChI is InChI=1S/C14H30N4/c1-5-17-6-7-18(9-13(17)3)14(10-15)8-12(2)16(4)11-14/h12-13H,5-11,15H2,1-4H3. The third-order valence-electron chi connectivity index (χ3n) is 5.19. The first kappa shape index (κ1) is 14.3. The van der Waals surface area contributed by atoms with Crippen LogP contribution in [0, 0.1) is 0 Å². The summed E-state index contributed by atoms with van der Waals surface area (Å²) in [5.41, 5.74) is 6.38. The quantitative estimate of drug-likeness (QED) is 0.792. The first-order chi connectivity index (χ1) is 8.52. The minimum Gasteiger partial charge on any atom is -0.329 e. The lowest BCUT2D eigenvalue weighted by atomic mass is 9.92. The highest BCUT2D eigenvalue weighted by molar-refractivity contribution is 5.04. The van der Waals surface area contributed by atoms with Gasteiger partial charge < -0.3 is 10.6 Å². The topological polar surface area (TPSA) is 35.7 Å². The molecule has 106 valence electrons. The molecule has 2 rings (SSSR count). The van der Waals surface area contributed by atoms with Crippen LogP contribution >= 0.6 is 0 Å². The molecule has 0 aromatic heterocycles. The number of likely N-dealkylation sites (tertiary alicyclic amines) is 1. The second-order valence-electron chi connectivity index (χ2n) is 6.32. The van der Waals surface area contributed by atoms with Gasteiger partial charge in [0.25, 0.3) is 0 Å². The maximum Gasteiger partial charge on any atom is 0.0474 e. The molecule has 0 saturated carbocycles. The fraction of sp³-hybridized carbons (Fsp3) is 1.00. The summed E-state index contributed by atoms with van der Waals surface area (Å²) in [6.45, 7) is 13.6. The molecule has 0 radical (unpaired) electrons. The van der Waals surface area contributed by atoms with Gasteiger partial charge in [-0.1, -0.05) is 6.92 Å². The van der Waals surface area contributed by atoms with Crippen molar-refractivity contribution in [2.45, 2.75) is 44.8 Å². The fourth-order valence-electron chi connectivity index (χ4n) is 3.79. The molecule has 0 spiro atoms. The van der Waals surface area contributed by atoms with Crippen molar-refractivity contribution in [1.82, 2.24) is 14.7 Å². The van der Waals surface area contributed by atoms with Crippen molar-refractivity contribution in [3.05, 3.63) is 0 Å². The third kappa shape index (κ3) is 2.44. The van der Waals surface area contributed by atoms with Gasteiger partial charge >= 0.3 is 0 Å². The van der Waals surface area contributed by atoms with E-state index in [4.69, 9.17) is 5.73 Å². The number of rotatable bonds is 3. The highest BCUT2D eigenvalue weighted by Crippen LogP contribution is 2.32. The van der Waals surface area contributed by atoms with Gasteiger partial charge in [-0.3, -0.25) is 9.80 Å². The van der Waals surface area contributed by atoms with Crippen LogP contribution in [-0.4, -0.2) is 78.6 Å². The van der Waals surface area contributed by atoms with Gasteiger partial charge in [0.05, 0.1) is 0 Å². The average Bonchev–Trinajstić information content (AvgIpc) is 2.66. The van der Waals surface area contributed by atoms with Crippen molar-refractivity contribution < 1.29 is 0 Å². The molecular weight excluding hydrogens is 224 g/mol. The fourth-order valence-corrected chi connectivity index (χ4v) is 3.79. The predicted molar refractivity (Wildman–Crippen MR) is 76.8 cm³/mol. The van der Waals surface area contributed by atoms with Crippen LogP contribution < -0.4 is 5.73 Å². The Hall–Kier alpha value is -0.160. The molecule has 0 aromatic rings. The summed E-state index contributed by atoms with van der Waals surface area (Å²) in [7, 11) is 2.23. The normalized spacial score (nSPS) is 40.5. The Bertz CT molecular complexity index is 271. The zero-order valence-corrected chi connectivity index (χ0v) is 12.5.